The molecule has 0 aromatic rings. The Morgan fingerprint density at radius 3 is 2.44 bits per heavy atom. The molecule has 5 unspecified atom stereocenters. The van der Waals surface area contributed by atoms with E-state index in [9.17, 15) is 0 Å². The lowest BCUT2D eigenvalue weighted by Crippen LogP contribution is -2.36. The van der Waals surface area contributed by atoms with Gasteiger partial charge in [0.05, 0.1) is 0 Å². The van der Waals surface area contributed by atoms with Gasteiger partial charge in [0.2, 0.25) is 0 Å². The molecule has 0 aromatic heterocycles. The lowest BCUT2D eigenvalue weighted by molar-refractivity contribution is 0.156. The van der Waals surface area contributed by atoms with Crippen LogP contribution in [0, 0.1) is 35.5 Å². The summed E-state index contributed by atoms with van der Waals surface area (Å²) in [6, 6.07) is 0. The minimum Gasteiger partial charge on any atom is -0.303 e. The molecule has 1 saturated heterocycles. The van der Waals surface area contributed by atoms with Crippen molar-refractivity contribution in [2.45, 2.75) is 53.9 Å². The molecule has 1 saturated carbocycles. The first-order chi connectivity index (χ1) is 8.52. The quantitative estimate of drug-likeness (QED) is 0.723. The van der Waals surface area contributed by atoms with E-state index in [0.29, 0.717) is 0 Å². The smallest absolute Gasteiger partial charge is 0.00123 e. The maximum atomic E-state index is 2.73. The zero-order valence-electron chi connectivity index (χ0n) is 13.2. The molecule has 0 radical (unpaired) electrons. The SMILES string of the molecule is CCN1CC(C)C2CC2CCC(C(C)C(C)C)C1. The fraction of sp³-hybridized carbons (Fsp3) is 1.00. The Balaban J connectivity index is 2.02. The van der Waals surface area contributed by atoms with Crippen molar-refractivity contribution in [3.05, 3.63) is 0 Å². The summed E-state index contributed by atoms with van der Waals surface area (Å²) in [7, 11) is 0. The molecular formula is C17H33N. The second-order valence-electron chi connectivity index (χ2n) is 7.43. The predicted molar refractivity (Wildman–Crippen MR) is 79.6 cm³/mol. The number of nitrogens with zero attached hydrogens (tertiary/aromatic N) is 1. The average molecular weight is 251 g/mol. The normalized spacial score (nSPS) is 39.7. The van der Waals surface area contributed by atoms with Crippen LogP contribution < -0.4 is 0 Å². The van der Waals surface area contributed by atoms with Gasteiger partial charge in [-0.3, -0.25) is 0 Å². The Hall–Kier alpha value is -0.0400. The van der Waals surface area contributed by atoms with Gasteiger partial charge < -0.3 is 4.90 Å². The molecule has 2 rings (SSSR count). The first-order valence-electron chi connectivity index (χ1n) is 8.25. The van der Waals surface area contributed by atoms with Gasteiger partial charge in [0.15, 0.2) is 0 Å². The second-order valence-corrected chi connectivity index (χ2v) is 7.43. The molecule has 1 nitrogen and oxygen atoms in total. The van der Waals surface area contributed by atoms with Gasteiger partial charge in [0.1, 0.15) is 0 Å². The zero-order chi connectivity index (χ0) is 13.3. The van der Waals surface area contributed by atoms with E-state index >= 15 is 0 Å². The molecule has 0 N–H and O–H groups in total. The van der Waals surface area contributed by atoms with Gasteiger partial charge in [0, 0.05) is 13.1 Å². The highest BCUT2D eigenvalue weighted by Gasteiger charge is 2.42. The maximum absolute atomic E-state index is 2.73. The van der Waals surface area contributed by atoms with E-state index in [1.807, 2.05) is 0 Å². The van der Waals surface area contributed by atoms with Crippen molar-refractivity contribution in [2.75, 3.05) is 19.6 Å². The van der Waals surface area contributed by atoms with Crippen molar-refractivity contribution in [1.82, 2.24) is 4.90 Å². The van der Waals surface area contributed by atoms with Crippen LogP contribution in [0.4, 0.5) is 0 Å². The molecule has 2 fully saturated rings. The zero-order valence-corrected chi connectivity index (χ0v) is 13.2. The fourth-order valence-electron chi connectivity index (χ4n) is 4.00. The Bertz CT molecular complexity index is 260. The van der Waals surface area contributed by atoms with E-state index in [4.69, 9.17) is 0 Å². The van der Waals surface area contributed by atoms with E-state index < -0.39 is 0 Å². The Morgan fingerprint density at radius 2 is 1.83 bits per heavy atom. The number of hydrogen-bond donors (Lipinski definition) is 0. The monoisotopic (exact) mass is 251 g/mol. The van der Waals surface area contributed by atoms with Crippen LogP contribution >= 0.6 is 0 Å². The summed E-state index contributed by atoms with van der Waals surface area (Å²) >= 11 is 0. The van der Waals surface area contributed by atoms with E-state index in [1.165, 1.54) is 38.9 Å². The van der Waals surface area contributed by atoms with Crippen LogP contribution in [-0.4, -0.2) is 24.5 Å². The molecule has 5 atom stereocenters. The van der Waals surface area contributed by atoms with Gasteiger partial charge in [-0.05, 0) is 61.3 Å². The van der Waals surface area contributed by atoms with Gasteiger partial charge in [-0.1, -0.05) is 34.6 Å². The highest BCUT2D eigenvalue weighted by molar-refractivity contribution is 4.93. The number of fused-ring (bicyclic) bond motifs is 1. The van der Waals surface area contributed by atoms with Crippen LogP contribution in [0.5, 0.6) is 0 Å². The van der Waals surface area contributed by atoms with Crippen LogP contribution in [0.25, 0.3) is 0 Å². The van der Waals surface area contributed by atoms with Crippen molar-refractivity contribution in [3.8, 4) is 0 Å². The fourth-order valence-corrected chi connectivity index (χ4v) is 4.00. The summed E-state index contributed by atoms with van der Waals surface area (Å²) in [5.74, 6) is 5.72. The minimum atomic E-state index is 0.835. The molecule has 0 aromatic carbocycles. The van der Waals surface area contributed by atoms with Crippen LogP contribution in [0.3, 0.4) is 0 Å². The summed E-state index contributed by atoms with van der Waals surface area (Å²) in [6.45, 7) is 16.0. The summed E-state index contributed by atoms with van der Waals surface area (Å²) < 4.78 is 0. The Labute approximate surface area is 114 Å². The number of hydrogen-bond acceptors (Lipinski definition) is 1. The van der Waals surface area contributed by atoms with Gasteiger partial charge in [-0.25, -0.2) is 0 Å². The molecule has 1 aliphatic carbocycles. The topological polar surface area (TPSA) is 3.24 Å². The molecule has 18 heavy (non-hydrogen) atoms. The van der Waals surface area contributed by atoms with Gasteiger partial charge in [0.25, 0.3) is 0 Å². The molecule has 0 spiro atoms. The maximum Gasteiger partial charge on any atom is 0.00123 e. The molecule has 0 amide bonds. The Morgan fingerprint density at radius 1 is 1.11 bits per heavy atom. The largest absolute Gasteiger partial charge is 0.303 e. The third kappa shape index (κ3) is 3.29. The first-order valence-corrected chi connectivity index (χ1v) is 8.25. The van der Waals surface area contributed by atoms with Gasteiger partial charge in [-0.15, -0.1) is 0 Å². The minimum absolute atomic E-state index is 0.835. The van der Waals surface area contributed by atoms with Crippen molar-refractivity contribution in [2.24, 2.45) is 35.5 Å². The summed E-state index contributed by atoms with van der Waals surface area (Å²) in [6.07, 6.45) is 4.51. The van der Waals surface area contributed by atoms with E-state index in [-0.39, 0.29) is 0 Å². The summed E-state index contributed by atoms with van der Waals surface area (Å²) in [5.41, 5.74) is 0. The molecule has 106 valence electrons. The van der Waals surface area contributed by atoms with Crippen LogP contribution in [0.2, 0.25) is 0 Å². The van der Waals surface area contributed by atoms with Crippen molar-refractivity contribution < 1.29 is 0 Å². The van der Waals surface area contributed by atoms with Gasteiger partial charge >= 0.3 is 0 Å². The average Bonchev–Trinajstić information content (AvgIpc) is 3.10. The number of rotatable bonds is 3. The molecule has 2 aliphatic rings. The highest BCUT2D eigenvalue weighted by atomic mass is 15.1. The predicted octanol–water partition coefficient (Wildman–Crippen LogP) is 4.28. The van der Waals surface area contributed by atoms with Crippen LogP contribution in [-0.2, 0) is 0 Å². The molecule has 1 aliphatic heterocycles. The second kappa shape index (κ2) is 5.94. The van der Waals surface area contributed by atoms with Crippen molar-refractivity contribution in [3.63, 3.8) is 0 Å². The lowest BCUT2D eigenvalue weighted by atomic mass is 9.81. The lowest BCUT2D eigenvalue weighted by Gasteiger charge is -2.33. The molecule has 1 heterocycles. The van der Waals surface area contributed by atoms with E-state index in [2.05, 4.69) is 39.5 Å². The molecule has 1 heteroatoms. The summed E-state index contributed by atoms with van der Waals surface area (Å²) in [4.78, 5) is 2.73. The molecular weight excluding hydrogens is 218 g/mol. The van der Waals surface area contributed by atoms with Crippen LogP contribution in [0.1, 0.15) is 53.9 Å². The van der Waals surface area contributed by atoms with E-state index in [0.717, 1.165) is 35.5 Å². The van der Waals surface area contributed by atoms with Crippen molar-refractivity contribution >= 4 is 0 Å². The molecule has 0 bridgehead atoms. The van der Waals surface area contributed by atoms with Crippen molar-refractivity contribution in [1.29, 1.82) is 0 Å². The Kier molecular flexibility index (Phi) is 4.75. The summed E-state index contributed by atoms with van der Waals surface area (Å²) in [5, 5.41) is 0. The third-order valence-electron chi connectivity index (χ3n) is 5.90. The first kappa shape index (κ1) is 14.4. The van der Waals surface area contributed by atoms with Crippen LogP contribution in [0.15, 0.2) is 0 Å². The van der Waals surface area contributed by atoms with E-state index in [1.54, 1.807) is 0 Å². The van der Waals surface area contributed by atoms with Gasteiger partial charge in [-0.2, -0.15) is 0 Å². The third-order valence-corrected chi connectivity index (χ3v) is 5.90. The standard InChI is InChI=1S/C17H33N/c1-6-18-10-13(4)17-9-15(17)7-8-16(11-18)14(5)12(2)3/h12-17H,6-11H2,1-5H3. The highest BCUT2D eigenvalue weighted by Crippen LogP contribution is 2.49.